The molecule has 0 aliphatic heterocycles. The van der Waals surface area contributed by atoms with Crippen LogP contribution in [-0.2, 0) is 19.1 Å². The summed E-state index contributed by atoms with van der Waals surface area (Å²) in [6.45, 7) is 8.33. The average Bonchev–Trinajstić information content (AvgIpc) is 3.02. The van der Waals surface area contributed by atoms with Crippen molar-refractivity contribution in [1.82, 2.24) is 0 Å². The lowest BCUT2D eigenvalue weighted by Crippen LogP contribution is -2.65. The molecule has 3 fully saturated rings. The van der Waals surface area contributed by atoms with Gasteiger partial charge in [-0.15, -0.1) is 0 Å². The van der Waals surface area contributed by atoms with E-state index in [4.69, 9.17) is 4.74 Å². The first-order valence-corrected chi connectivity index (χ1v) is 10.6. The number of carbonyl (C=O) groups excluding carboxylic acids is 3. The number of Topliss-reactive ketones (excluding diaryl/α,β-unsaturated/α-hetero) is 2. The third kappa shape index (κ3) is 2.78. The first-order chi connectivity index (χ1) is 13.6. The Bertz CT molecular complexity index is 821. The molecule has 1 spiro atoms. The van der Waals surface area contributed by atoms with Crippen LogP contribution in [0.2, 0.25) is 0 Å². The van der Waals surface area contributed by atoms with Crippen molar-refractivity contribution < 1.29 is 34.4 Å². The van der Waals surface area contributed by atoms with Crippen molar-refractivity contribution in [2.24, 2.45) is 22.7 Å². The van der Waals surface area contributed by atoms with E-state index in [1.54, 1.807) is 19.9 Å². The van der Waals surface area contributed by atoms with E-state index in [1.807, 2.05) is 13.8 Å². The number of hydrogen-bond donors (Lipinski definition) is 3. The van der Waals surface area contributed by atoms with Gasteiger partial charge in [-0.05, 0) is 78.6 Å². The second-order valence-corrected chi connectivity index (χ2v) is 10.6. The van der Waals surface area contributed by atoms with Crippen LogP contribution in [0.4, 0.5) is 0 Å². The van der Waals surface area contributed by atoms with E-state index in [-0.39, 0.29) is 25.2 Å². The summed E-state index contributed by atoms with van der Waals surface area (Å²) in [5, 5.41) is 33.9. The number of methoxy groups -OCH3 is 1. The average molecular weight is 423 g/mol. The van der Waals surface area contributed by atoms with E-state index in [9.17, 15) is 29.7 Å². The molecular weight excluding hydrogens is 388 g/mol. The third-order valence-electron chi connectivity index (χ3n) is 8.13. The van der Waals surface area contributed by atoms with E-state index in [0.29, 0.717) is 12.8 Å². The van der Waals surface area contributed by atoms with Gasteiger partial charge in [-0.25, -0.2) is 4.79 Å². The number of hydrogen-bond acceptors (Lipinski definition) is 7. The minimum absolute atomic E-state index is 0.0423. The van der Waals surface area contributed by atoms with Crippen molar-refractivity contribution in [3.8, 4) is 0 Å². The normalized spacial score (nSPS) is 48.0. The van der Waals surface area contributed by atoms with Crippen LogP contribution in [-0.4, -0.2) is 56.8 Å². The second-order valence-electron chi connectivity index (χ2n) is 10.6. The number of aliphatic hydroxyl groups is 3. The van der Waals surface area contributed by atoms with Crippen LogP contribution >= 0.6 is 0 Å². The number of fused-ring (bicyclic) bond motifs is 1. The molecule has 3 aliphatic carbocycles. The fraction of sp³-hybridized carbons (Fsp3) is 0.783. The Kier molecular flexibility index (Phi) is 5.17. The van der Waals surface area contributed by atoms with Gasteiger partial charge >= 0.3 is 5.97 Å². The van der Waals surface area contributed by atoms with E-state index in [1.165, 1.54) is 6.92 Å². The van der Waals surface area contributed by atoms with E-state index in [0.717, 1.165) is 12.7 Å². The molecule has 0 amide bonds. The Morgan fingerprint density at radius 1 is 1.07 bits per heavy atom. The van der Waals surface area contributed by atoms with Crippen LogP contribution in [0, 0.1) is 22.7 Å². The highest BCUT2D eigenvalue weighted by molar-refractivity contribution is 6.28. The van der Waals surface area contributed by atoms with Crippen LogP contribution < -0.4 is 0 Å². The van der Waals surface area contributed by atoms with Crippen molar-refractivity contribution in [1.29, 1.82) is 0 Å². The molecule has 0 heterocycles. The van der Waals surface area contributed by atoms with Gasteiger partial charge in [0.2, 0.25) is 5.60 Å². The summed E-state index contributed by atoms with van der Waals surface area (Å²) < 4.78 is 4.81. The fourth-order valence-electron chi connectivity index (χ4n) is 6.45. The molecule has 30 heavy (non-hydrogen) atoms. The lowest BCUT2D eigenvalue weighted by atomic mass is 9.53. The van der Waals surface area contributed by atoms with Crippen molar-refractivity contribution in [3.63, 3.8) is 0 Å². The zero-order valence-corrected chi connectivity index (χ0v) is 18.7. The SMILES string of the molecule is COC(=O)[C@@]1(O)C(=O)[C@](C)(CC=C(C)C)C(=O)C12C[C@H]1[C@@H](CC[C@@]1(C)O)[C@@](C)(O)C2. The number of carbonyl (C=O) groups is 3. The molecule has 7 heteroatoms. The summed E-state index contributed by atoms with van der Waals surface area (Å²) >= 11 is 0. The molecule has 3 aliphatic rings. The summed E-state index contributed by atoms with van der Waals surface area (Å²) in [5.41, 5.74) is -7.93. The maximum absolute atomic E-state index is 13.9. The van der Waals surface area contributed by atoms with Crippen LogP contribution in [0.1, 0.15) is 66.7 Å². The fourth-order valence-corrected chi connectivity index (χ4v) is 6.45. The largest absolute Gasteiger partial charge is 0.467 e. The predicted octanol–water partition coefficient (Wildman–Crippen LogP) is 1.71. The highest BCUT2D eigenvalue weighted by Gasteiger charge is 2.80. The van der Waals surface area contributed by atoms with Gasteiger partial charge in [0.25, 0.3) is 0 Å². The molecule has 0 aromatic heterocycles. The molecular formula is C23H34O7. The Balaban J connectivity index is 2.24. The van der Waals surface area contributed by atoms with Crippen molar-refractivity contribution in [3.05, 3.63) is 11.6 Å². The standard InChI is InChI=1S/C23H34O7/c1-13(2)7-9-19(3)16(24)22(23(29,17(19)25)18(26)30-6)11-15-14(21(5,28)12-22)8-10-20(15,4)27/h7,14-15,27-29H,8-12H2,1-6H3/t14-,15+,19-,20-,21+,22?,23+/m1/s1. The van der Waals surface area contributed by atoms with Crippen LogP contribution in [0.3, 0.4) is 0 Å². The van der Waals surface area contributed by atoms with Gasteiger partial charge in [-0.3, -0.25) is 9.59 Å². The number of allylic oxidation sites excluding steroid dienone is 2. The first kappa shape index (κ1) is 23.1. The minimum Gasteiger partial charge on any atom is -0.467 e. The summed E-state index contributed by atoms with van der Waals surface area (Å²) in [7, 11) is 1.06. The summed E-state index contributed by atoms with van der Waals surface area (Å²) in [6, 6.07) is 0. The van der Waals surface area contributed by atoms with Gasteiger partial charge in [-0.1, -0.05) is 11.6 Å². The monoisotopic (exact) mass is 422 g/mol. The van der Waals surface area contributed by atoms with Crippen molar-refractivity contribution >= 4 is 17.5 Å². The molecule has 0 saturated heterocycles. The minimum atomic E-state index is -2.71. The van der Waals surface area contributed by atoms with E-state index < -0.39 is 51.1 Å². The zero-order valence-electron chi connectivity index (χ0n) is 18.7. The molecule has 7 nitrogen and oxygen atoms in total. The third-order valence-corrected chi connectivity index (χ3v) is 8.13. The zero-order chi connectivity index (χ0) is 22.9. The smallest absolute Gasteiger partial charge is 0.346 e. The van der Waals surface area contributed by atoms with Gasteiger partial charge in [0.05, 0.1) is 29.1 Å². The van der Waals surface area contributed by atoms with Gasteiger partial charge in [0.1, 0.15) is 0 Å². The van der Waals surface area contributed by atoms with E-state index in [2.05, 4.69) is 0 Å². The Morgan fingerprint density at radius 2 is 1.67 bits per heavy atom. The Labute approximate surface area is 177 Å². The molecule has 0 aromatic rings. The lowest BCUT2D eigenvalue weighted by molar-refractivity contribution is -0.203. The van der Waals surface area contributed by atoms with Crippen LogP contribution in [0.15, 0.2) is 11.6 Å². The first-order valence-electron chi connectivity index (χ1n) is 10.6. The molecule has 168 valence electrons. The summed E-state index contributed by atoms with van der Waals surface area (Å²) in [4.78, 5) is 40.4. The van der Waals surface area contributed by atoms with Gasteiger partial charge in [0, 0.05) is 0 Å². The number of rotatable bonds is 3. The lowest BCUT2D eigenvalue weighted by Gasteiger charge is -2.53. The number of ketones is 2. The Hall–Kier alpha value is -1.57. The molecule has 7 atom stereocenters. The van der Waals surface area contributed by atoms with E-state index >= 15 is 0 Å². The molecule has 0 radical (unpaired) electrons. The molecule has 3 saturated carbocycles. The van der Waals surface area contributed by atoms with Crippen LogP contribution in [0.25, 0.3) is 0 Å². The predicted molar refractivity (Wildman–Crippen MR) is 108 cm³/mol. The maximum Gasteiger partial charge on any atom is 0.346 e. The molecule has 3 rings (SSSR count). The van der Waals surface area contributed by atoms with Gasteiger partial charge < -0.3 is 20.1 Å². The highest BCUT2D eigenvalue weighted by Crippen LogP contribution is 2.66. The quantitative estimate of drug-likeness (QED) is 0.360. The summed E-state index contributed by atoms with van der Waals surface area (Å²) in [6.07, 6.45) is 2.49. The van der Waals surface area contributed by atoms with Crippen molar-refractivity contribution in [2.75, 3.05) is 7.11 Å². The van der Waals surface area contributed by atoms with Gasteiger partial charge in [-0.2, -0.15) is 0 Å². The van der Waals surface area contributed by atoms with Crippen molar-refractivity contribution in [2.45, 2.75) is 83.5 Å². The Morgan fingerprint density at radius 3 is 2.20 bits per heavy atom. The number of ether oxygens (including phenoxy) is 1. The van der Waals surface area contributed by atoms with Crippen LogP contribution in [0.5, 0.6) is 0 Å². The van der Waals surface area contributed by atoms with Gasteiger partial charge in [0.15, 0.2) is 11.6 Å². The maximum atomic E-state index is 13.9. The molecule has 0 bridgehead atoms. The highest BCUT2D eigenvalue weighted by atomic mass is 16.5. The number of esters is 1. The molecule has 3 N–H and O–H groups in total. The summed E-state index contributed by atoms with van der Waals surface area (Å²) in [5.74, 6) is -3.48. The topological polar surface area (TPSA) is 121 Å². The second kappa shape index (κ2) is 6.71. The molecule has 0 aromatic carbocycles. The molecule has 1 unspecified atom stereocenters.